The average Bonchev–Trinajstić information content (AvgIpc) is 3.08. The number of rotatable bonds is 6. The molecule has 0 N–H and O–H groups in total. The summed E-state index contributed by atoms with van der Waals surface area (Å²) in [6.07, 6.45) is 0. The minimum Gasteiger partial charge on any atom is -0.452 e. The van der Waals surface area contributed by atoms with Crippen molar-refractivity contribution in [3.05, 3.63) is 65.0 Å². The Bertz CT molecular complexity index is 917. The molecule has 3 aromatic rings. The van der Waals surface area contributed by atoms with Crippen LogP contribution in [0.1, 0.15) is 16.2 Å². The van der Waals surface area contributed by atoms with E-state index < -0.39 is 12.6 Å². The summed E-state index contributed by atoms with van der Waals surface area (Å²) in [5.74, 6) is -0.512. The Hall–Kier alpha value is -3.00. The van der Waals surface area contributed by atoms with Crippen molar-refractivity contribution in [1.82, 2.24) is 10.1 Å². The molecule has 1 heterocycles. The number of hydrogen-bond acceptors (Lipinski definition) is 6. The van der Waals surface area contributed by atoms with E-state index in [2.05, 4.69) is 14.9 Å². The first-order valence-corrected chi connectivity index (χ1v) is 7.69. The van der Waals surface area contributed by atoms with E-state index >= 15 is 0 Å². The number of carbonyl (C=O) groups is 1. The lowest BCUT2D eigenvalue weighted by Gasteiger charge is -2.06. The van der Waals surface area contributed by atoms with Crippen molar-refractivity contribution in [2.75, 3.05) is 0 Å². The maximum atomic E-state index is 12.2. The lowest BCUT2D eigenvalue weighted by molar-refractivity contribution is -0.0499. The van der Waals surface area contributed by atoms with Crippen LogP contribution >= 0.6 is 11.6 Å². The molecule has 0 aliphatic rings. The Kier molecular flexibility index (Phi) is 5.43. The molecule has 0 bridgehead atoms. The number of halogens is 3. The monoisotopic (exact) mass is 380 g/mol. The first kappa shape index (κ1) is 17.8. The van der Waals surface area contributed by atoms with Crippen LogP contribution in [0.3, 0.4) is 0 Å². The molecule has 9 heteroatoms. The number of hydrogen-bond donors (Lipinski definition) is 0. The minimum atomic E-state index is -2.98. The Balaban J connectivity index is 1.63. The molecular weight excluding hydrogens is 370 g/mol. The van der Waals surface area contributed by atoms with Gasteiger partial charge in [0.15, 0.2) is 6.61 Å². The SMILES string of the molecule is O=C(OCc1nc(-c2cccc(Cl)c2)no1)c1cccc(OC(F)F)c1. The third-order valence-corrected chi connectivity index (χ3v) is 3.41. The highest BCUT2D eigenvalue weighted by atomic mass is 35.5. The summed E-state index contributed by atoms with van der Waals surface area (Å²) in [5, 5.41) is 4.31. The molecule has 0 saturated carbocycles. The fourth-order valence-electron chi connectivity index (χ4n) is 2.07. The summed E-state index contributed by atoms with van der Waals surface area (Å²) < 4.78 is 38.7. The van der Waals surface area contributed by atoms with Crippen molar-refractivity contribution in [1.29, 1.82) is 0 Å². The highest BCUT2D eigenvalue weighted by Crippen LogP contribution is 2.20. The Labute approximate surface area is 151 Å². The van der Waals surface area contributed by atoms with Gasteiger partial charge < -0.3 is 14.0 Å². The van der Waals surface area contributed by atoms with Crippen molar-refractivity contribution in [3.8, 4) is 17.1 Å². The summed E-state index contributed by atoms with van der Waals surface area (Å²) >= 11 is 5.90. The van der Waals surface area contributed by atoms with Gasteiger partial charge in [0.25, 0.3) is 5.89 Å². The Morgan fingerprint density at radius 3 is 2.77 bits per heavy atom. The number of nitrogens with zero attached hydrogens (tertiary/aromatic N) is 2. The summed E-state index contributed by atoms with van der Waals surface area (Å²) in [6, 6.07) is 12.1. The predicted molar refractivity (Wildman–Crippen MR) is 86.9 cm³/mol. The first-order chi connectivity index (χ1) is 12.5. The molecule has 3 rings (SSSR count). The third kappa shape index (κ3) is 4.54. The molecule has 1 aromatic heterocycles. The maximum absolute atomic E-state index is 12.2. The highest BCUT2D eigenvalue weighted by Gasteiger charge is 2.14. The molecule has 0 unspecified atom stereocenters. The van der Waals surface area contributed by atoms with Gasteiger partial charge in [0.2, 0.25) is 5.82 Å². The van der Waals surface area contributed by atoms with Crippen molar-refractivity contribution in [2.45, 2.75) is 13.2 Å². The van der Waals surface area contributed by atoms with E-state index in [0.29, 0.717) is 16.4 Å². The van der Waals surface area contributed by atoms with Crippen LogP contribution in [0.15, 0.2) is 53.1 Å². The van der Waals surface area contributed by atoms with Gasteiger partial charge in [0, 0.05) is 10.6 Å². The zero-order valence-electron chi connectivity index (χ0n) is 13.1. The van der Waals surface area contributed by atoms with Crippen LogP contribution in [-0.4, -0.2) is 22.7 Å². The standard InChI is InChI=1S/C17H11ClF2N2O4/c18-12-5-1-3-10(7-12)15-21-14(26-22-15)9-24-16(23)11-4-2-6-13(8-11)25-17(19)20/h1-8,17H,9H2. The van der Waals surface area contributed by atoms with Crippen LogP contribution in [0.25, 0.3) is 11.4 Å². The zero-order valence-corrected chi connectivity index (χ0v) is 13.8. The quantitative estimate of drug-likeness (QED) is 0.592. The molecule has 26 heavy (non-hydrogen) atoms. The van der Waals surface area contributed by atoms with Gasteiger partial charge in [-0.3, -0.25) is 0 Å². The lowest BCUT2D eigenvalue weighted by atomic mass is 10.2. The van der Waals surface area contributed by atoms with E-state index in [9.17, 15) is 13.6 Å². The second kappa shape index (κ2) is 7.92. The van der Waals surface area contributed by atoms with E-state index in [1.807, 2.05) is 0 Å². The van der Waals surface area contributed by atoms with Gasteiger partial charge >= 0.3 is 12.6 Å². The molecule has 0 amide bonds. The van der Waals surface area contributed by atoms with Gasteiger partial charge in [0.05, 0.1) is 5.56 Å². The number of carbonyl (C=O) groups excluding carboxylic acids is 1. The van der Waals surface area contributed by atoms with E-state index in [0.717, 1.165) is 6.07 Å². The summed E-state index contributed by atoms with van der Waals surface area (Å²) in [7, 11) is 0. The molecule has 0 radical (unpaired) electrons. The van der Waals surface area contributed by atoms with Crippen LogP contribution in [0.2, 0.25) is 5.02 Å². The first-order valence-electron chi connectivity index (χ1n) is 7.32. The molecule has 0 fully saturated rings. The molecule has 0 saturated heterocycles. The molecule has 0 aliphatic heterocycles. The van der Waals surface area contributed by atoms with E-state index in [-0.39, 0.29) is 23.8 Å². The summed E-state index contributed by atoms with van der Waals surface area (Å²) in [5.41, 5.74) is 0.702. The second-order valence-electron chi connectivity index (χ2n) is 5.00. The molecule has 2 aromatic carbocycles. The van der Waals surface area contributed by atoms with Crippen LogP contribution in [0.5, 0.6) is 5.75 Å². The molecule has 0 spiro atoms. The van der Waals surface area contributed by atoms with Gasteiger partial charge in [0.1, 0.15) is 5.75 Å². The topological polar surface area (TPSA) is 74.5 Å². The highest BCUT2D eigenvalue weighted by molar-refractivity contribution is 6.30. The number of aromatic nitrogens is 2. The molecule has 0 atom stereocenters. The second-order valence-corrected chi connectivity index (χ2v) is 5.44. The third-order valence-electron chi connectivity index (χ3n) is 3.17. The fraction of sp³-hybridized carbons (Fsp3) is 0.118. The van der Waals surface area contributed by atoms with Crippen molar-refractivity contribution >= 4 is 17.6 Å². The van der Waals surface area contributed by atoms with Gasteiger partial charge in [-0.25, -0.2) is 4.79 Å². The Morgan fingerprint density at radius 1 is 1.19 bits per heavy atom. The Morgan fingerprint density at radius 2 is 2.00 bits per heavy atom. The van der Waals surface area contributed by atoms with Crippen LogP contribution < -0.4 is 4.74 Å². The van der Waals surface area contributed by atoms with Crippen molar-refractivity contribution in [2.24, 2.45) is 0 Å². The smallest absolute Gasteiger partial charge is 0.387 e. The number of ether oxygens (including phenoxy) is 2. The predicted octanol–water partition coefficient (Wildman–Crippen LogP) is 4.35. The van der Waals surface area contributed by atoms with Gasteiger partial charge in [-0.1, -0.05) is 35.0 Å². The minimum absolute atomic E-state index is 0.0535. The summed E-state index contributed by atoms with van der Waals surface area (Å²) in [6.45, 7) is -3.25. The van der Waals surface area contributed by atoms with E-state index in [1.54, 1.807) is 24.3 Å². The molecular formula is C17H11ClF2N2O4. The molecule has 0 aliphatic carbocycles. The number of esters is 1. The molecule has 6 nitrogen and oxygen atoms in total. The van der Waals surface area contributed by atoms with Crippen LogP contribution in [-0.2, 0) is 11.3 Å². The van der Waals surface area contributed by atoms with Gasteiger partial charge in [-0.05, 0) is 30.3 Å². The largest absolute Gasteiger partial charge is 0.452 e. The van der Waals surface area contributed by atoms with Crippen LogP contribution in [0, 0.1) is 0 Å². The van der Waals surface area contributed by atoms with Gasteiger partial charge in [-0.15, -0.1) is 0 Å². The maximum Gasteiger partial charge on any atom is 0.387 e. The number of benzene rings is 2. The molecule has 134 valence electrons. The average molecular weight is 381 g/mol. The van der Waals surface area contributed by atoms with Crippen molar-refractivity contribution < 1.29 is 27.6 Å². The van der Waals surface area contributed by atoms with Crippen molar-refractivity contribution in [3.63, 3.8) is 0 Å². The zero-order chi connectivity index (χ0) is 18.5. The van der Waals surface area contributed by atoms with Gasteiger partial charge in [-0.2, -0.15) is 13.8 Å². The van der Waals surface area contributed by atoms with E-state index in [4.69, 9.17) is 20.9 Å². The number of alkyl halides is 2. The fourth-order valence-corrected chi connectivity index (χ4v) is 2.26. The van der Waals surface area contributed by atoms with E-state index in [1.165, 1.54) is 18.2 Å². The lowest BCUT2D eigenvalue weighted by Crippen LogP contribution is -2.07. The normalized spacial score (nSPS) is 10.8. The van der Waals surface area contributed by atoms with Crippen LogP contribution in [0.4, 0.5) is 8.78 Å². The summed E-state index contributed by atoms with van der Waals surface area (Å²) in [4.78, 5) is 16.1.